The summed E-state index contributed by atoms with van der Waals surface area (Å²) in [5, 5.41) is 12.1. The van der Waals surface area contributed by atoms with E-state index in [4.69, 9.17) is 5.11 Å². The number of rotatable bonds is 4. The molecule has 0 aliphatic heterocycles. The highest BCUT2D eigenvalue weighted by molar-refractivity contribution is 5.79. The maximum absolute atomic E-state index is 11.9. The van der Waals surface area contributed by atoms with E-state index in [9.17, 15) is 4.79 Å². The quantitative estimate of drug-likeness (QED) is 0.733. The lowest BCUT2D eigenvalue weighted by Crippen LogP contribution is -2.43. The van der Waals surface area contributed by atoms with Crippen LogP contribution >= 0.6 is 0 Å². The van der Waals surface area contributed by atoms with Crippen LogP contribution in [0.2, 0.25) is 0 Å². The minimum absolute atomic E-state index is 0.0446. The minimum atomic E-state index is -0.0746. The van der Waals surface area contributed by atoms with Gasteiger partial charge in [0.15, 0.2) is 0 Å². The lowest BCUT2D eigenvalue weighted by Gasteiger charge is -2.22. The Morgan fingerprint density at radius 3 is 2.40 bits per heavy atom. The van der Waals surface area contributed by atoms with Gasteiger partial charge in [0.2, 0.25) is 5.91 Å². The summed E-state index contributed by atoms with van der Waals surface area (Å²) in [6, 6.07) is -0.0746. The van der Waals surface area contributed by atoms with Crippen molar-refractivity contribution in [3.8, 4) is 0 Å². The van der Waals surface area contributed by atoms with Crippen LogP contribution in [0.3, 0.4) is 0 Å². The molecule has 86 valence electrons. The van der Waals surface area contributed by atoms with E-state index in [2.05, 4.69) is 5.32 Å². The summed E-state index contributed by atoms with van der Waals surface area (Å²) < 4.78 is 0. The van der Waals surface area contributed by atoms with E-state index in [-0.39, 0.29) is 24.5 Å². The van der Waals surface area contributed by atoms with E-state index in [1.54, 1.807) is 0 Å². The molecule has 0 bridgehead atoms. The van der Waals surface area contributed by atoms with E-state index in [0.717, 1.165) is 24.7 Å². The second-order valence-electron chi connectivity index (χ2n) is 5.47. The molecule has 3 heteroatoms. The van der Waals surface area contributed by atoms with Crippen molar-refractivity contribution in [1.82, 2.24) is 5.32 Å². The van der Waals surface area contributed by atoms with Crippen LogP contribution in [0, 0.1) is 23.7 Å². The number of fused-ring (bicyclic) bond motifs is 1. The summed E-state index contributed by atoms with van der Waals surface area (Å²) in [6.07, 6.45) is 3.50. The number of carbonyl (C=O) groups is 1. The van der Waals surface area contributed by atoms with Crippen molar-refractivity contribution in [2.24, 2.45) is 23.7 Å². The molecule has 0 aromatic carbocycles. The maximum Gasteiger partial charge on any atom is 0.223 e. The molecular weight excluding hydrogens is 190 g/mol. The number of hydrogen-bond acceptors (Lipinski definition) is 2. The second-order valence-corrected chi connectivity index (χ2v) is 5.47. The first-order chi connectivity index (χ1) is 7.11. The van der Waals surface area contributed by atoms with Crippen LogP contribution in [-0.4, -0.2) is 23.7 Å². The van der Waals surface area contributed by atoms with Crippen LogP contribution in [-0.2, 0) is 4.79 Å². The Balaban J connectivity index is 1.80. The van der Waals surface area contributed by atoms with Gasteiger partial charge in [0.05, 0.1) is 12.6 Å². The molecule has 3 nitrogen and oxygen atoms in total. The van der Waals surface area contributed by atoms with Gasteiger partial charge in [-0.15, -0.1) is 0 Å². The fourth-order valence-electron chi connectivity index (χ4n) is 2.65. The van der Waals surface area contributed by atoms with Crippen molar-refractivity contribution in [1.29, 1.82) is 0 Å². The Morgan fingerprint density at radius 1 is 1.33 bits per heavy atom. The summed E-state index contributed by atoms with van der Waals surface area (Å²) >= 11 is 0. The minimum Gasteiger partial charge on any atom is -0.394 e. The smallest absolute Gasteiger partial charge is 0.223 e. The summed E-state index contributed by atoms with van der Waals surface area (Å²) in [4.78, 5) is 11.9. The Labute approximate surface area is 91.2 Å². The Hall–Kier alpha value is -0.570. The van der Waals surface area contributed by atoms with Gasteiger partial charge >= 0.3 is 0 Å². The van der Waals surface area contributed by atoms with E-state index in [0.29, 0.717) is 5.92 Å². The monoisotopic (exact) mass is 211 g/mol. The molecule has 0 saturated heterocycles. The zero-order valence-corrected chi connectivity index (χ0v) is 9.57. The number of aliphatic hydroxyl groups excluding tert-OH is 1. The van der Waals surface area contributed by atoms with Gasteiger partial charge in [-0.2, -0.15) is 0 Å². The van der Waals surface area contributed by atoms with Crippen molar-refractivity contribution in [3.05, 3.63) is 0 Å². The predicted octanol–water partition coefficient (Wildman–Crippen LogP) is 1.17. The Morgan fingerprint density at radius 2 is 1.93 bits per heavy atom. The molecule has 2 fully saturated rings. The second kappa shape index (κ2) is 4.12. The van der Waals surface area contributed by atoms with E-state index in [1.165, 1.54) is 6.42 Å². The van der Waals surface area contributed by atoms with E-state index >= 15 is 0 Å². The molecule has 2 saturated carbocycles. The molecule has 15 heavy (non-hydrogen) atoms. The highest BCUT2D eigenvalue weighted by atomic mass is 16.3. The molecule has 0 aromatic heterocycles. The molecule has 0 aromatic rings. The fourth-order valence-corrected chi connectivity index (χ4v) is 2.65. The van der Waals surface area contributed by atoms with Crippen molar-refractivity contribution >= 4 is 5.91 Å². The average Bonchev–Trinajstić information content (AvgIpc) is 2.81. The predicted molar refractivity (Wildman–Crippen MR) is 58.2 cm³/mol. The molecule has 0 spiro atoms. The van der Waals surface area contributed by atoms with E-state index in [1.807, 2.05) is 13.8 Å². The molecule has 2 aliphatic carbocycles. The van der Waals surface area contributed by atoms with Crippen LogP contribution in [0.15, 0.2) is 0 Å². The van der Waals surface area contributed by atoms with Gasteiger partial charge in [-0.25, -0.2) is 0 Å². The topological polar surface area (TPSA) is 49.3 Å². The van der Waals surface area contributed by atoms with Gasteiger partial charge in [0, 0.05) is 5.92 Å². The van der Waals surface area contributed by atoms with Gasteiger partial charge in [-0.3, -0.25) is 4.79 Å². The third-order valence-corrected chi connectivity index (χ3v) is 3.94. The van der Waals surface area contributed by atoms with Crippen LogP contribution in [0.4, 0.5) is 0 Å². The van der Waals surface area contributed by atoms with Crippen molar-refractivity contribution < 1.29 is 9.90 Å². The fraction of sp³-hybridized carbons (Fsp3) is 0.917. The molecule has 3 atom stereocenters. The van der Waals surface area contributed by atoms with Gasteiger partial charge in [-0.1, -0.05) is 13.8 Å². The summed E-state index contributed by atoms with van der Waals surface area (Å²) in [6.45, 7) is 4.09. The largest absolute Gasteiger partial charge is 0.394 e. The average molecular weight is 211 g/mol. The van der Waals surface area contributed by atoms with Gasteiger partial charge < -0.3 is 10.4 Å². The first kappa shape index (κ1) is 10.9. The normalized spacial score (nSPS) is 35.1. The standard InChI is InChI=1S/C12H21NO2/c1-7(2)11(6-14)13-12(15)10-4-8-3-9(8)5-10/h7-11,14H,3-6H2,1-2H3,(H,13,15). The van der Waals surface area contributed by atoms with Crippen LogP contribution in [0.1, 0.15) is 33.1 Å². The third-order valence-electron chi connectivity index (χ3n) is 3.94. The SMILES string of the molecule is CC(C)C(CO)NC(=O)C1CC2CC2C1. The van der Waals surface area contributed by atoms with Gasteiger partial charge in [-0.05, 0) is 37.0 Å². The summed E-state index contributed by atoms with van der Waals surface area (Å²) in [5.74, 6) is 2.37. The molecule has 2 N–H and O–H groups in total. The summed E-state index contributed by atoms with van der Waals surface area (Å²) in [7, 11) is 0. The van der Waals surface area contributed by atoms with Gasteiger partial charge in [0.1, 0.15) is 0 Å². The molecule has 0 heterocycles. The highest BCUT2D eigenvalue weighted by Crippen LogP contribution is 2.54. The number of carbonyl (C=O) groups excluding carboxylic acids is 1. The molecule has 1 amide bonds. The summed E-state index contributed by atoms with van der Waals surface area (Å²) in [5.41, 5.74) is 0. The van der Waals surface area contributed by atoms with Crippen molar-refractivity contribution in [2.75, 3.05) is 6.61 Å². The van der Waals surface area contributed by atoms with Crippen molar-refractivity contribution in [2.45, 2.75) is 39.2 Å². The third kappa shape index (κ3) is 2.33. The molecule has 3 unspecified atom stereocenters. The zero-order valence-electron chi connectivity index (χ0n) is 9.57. The molecule has 2 aliphatic rings. The first-order valence-electron chi connectivity index (χ1n) is 6.03. The van der Waals surface area contributed by atoms with Crippen LogP contribution in [0.5, 0.6) is 0 Å². The lowest BCUT2D eigenvalue weighted by molar-refractivity contribution is -0.126. The maximum atomic E-state index is 11.9. The molecular formula is C12H21NO2. The first-order valence-corrected chi connectivity index (χ1v) is 6.03. The van der Waals surface area contributed by atoms with Crippen molar-refractivity contribution in [3.63, 3.8) is 0 Å². The number of amides is 1. The van der Waals surface area contributed by atoms with Gasteiger partial charge in [0.25, 0.3) is 0 Å². The number of aliphatic hydroxyl groups is 1. The Kier molecular flexibility index (Phi) is 3.01. The zero-order chi connectivity index (χ0) is 11.0. The Bertz CT molecular complexity index is 242. The lowest BCUT2D eigenvalue weighted by atomic mass is 10.00. The number of nitrogens with one attached hydrogen (secondary N) is 1. The number of hydrogen-bond donors (Lipinski definition) is 2. The highest BCUT2D eigenvalue weighted by Gasteiger charge is 2.48. The molecule has 2 rings (SSSR count). The van der Waals surface area contributed by atoms with Crippen LogP contribution in [0.25, 0.3) is 0 Å². The van der Waals surface area contributed by atoms with Crippen LogP contribution < -0.4 is 5.32 Å². The van der Waals surface area contributed by atoms with E-state index < -0.39 is 0 Å². The molecule has 0 radical (unpaired) electrons.